The summed E-state index contributed by atoms with van der Waals surface area (Å²) < 4.78 is 4.88. The van der Waals surface area contributed by atoms with Crippen LogP contribution in [-0.4, -0.2) is 17.1 Å². The first-order valence-electron chi connectivity index (χ1n) is 4.61. The Labute approximate surface area is 98.0 Å². The van der Waals surface area contributed by atoms with Gasteiger partial charge >= 0.3 is 6.01 Å². The Balaban J connectivity index is 2.42. The summed E-state index contributed by atoms with van der Waals surface area (Å²) in [7, 11) is 1.52. The molecule has 2 rings (SSSR count). The maximum absolute atomic E-state index is 5.91. The molecular formula is C11H10ClN3O. The Hall–Kier alpha value is -1.81. The minimum atomic E-state index is 0.332. The molecule has 82 valence electrons. The van der Waals surface area contributed by atoms with Crippen LogP contribution in [-0.2, 0) is 0 Å². The van der Waals surface area contributed by atoms with Crippen molar-refractivity contribution >= 4 is 17.3 Å². The molecule has 0 unspecified atom stereocenters. The molecule has 0 aliphatic rings. The Morgan fingerprint density at radius 3 is 2.38 bits per heavy atom. The Kier molecular flexibility index (Phi) is 2.92. The molecule has 0 bridgehead atoms. The van der Waals surface area contributed by atoms with Crippen molar-refractivity contribution in [1.29, 1.82) is 0 Å². The van der Waals surface area contributed by atoms with Gasteiger partial charge in [0.1, 0.15) is 0 Å². The third kappa shape index (κ3) is 2.23. The third-order valence-corrected chi connectivity index (χ3v) is 2.28. The van der Waals surface area contributed by atoms with Crippen LogP contribution in [0.15, 0.2) is 30.6 Å². The largest absolute Gasteiger partial charge is 0.467 e. The van der Waals surface area contributed by atoms with Crippen LogP contribution in [0.2, 0.25) is 5.02 Å². The van der Waals surface area contributed by atoms with E-state index in [4.69, 9.17) is 22.1 Å². The van der Waals surface area contributed by atoms with Gasteiger partial charge in [0.05, 0.1) is 7.11 Å². The van der Waals surface area contributed by atoms with E-state index in [1.165, 1.54) is 7.11 Å². The van der Waals surface area contributed by atoms with E-state index in [1.807, 2.05) is 12.1 Å². The zero-order valence-electron chi connectivity index (χ0n) is 8.64. The van der Waals surface area contributed by atoms with Crippen molar-refractivity contribution in [3.63, 3.8) is 0 Å². The van der Waals surface area contributed by atoms with Crippen LogP contribution >= 0.6 is 11.6 Å². The standard InChI is InChI=1S/C11H10ClN3O/c1-16-11-14-5-8(6-15-11)7-2-9(12)4-10(13)3-7/h2-6H,13H2,1H3. The predicted octanol–water partition coefficient (Wildman–Crippen LogP) is 2.39. The summed E-state index contributed by atoms with van der Waals surface area (Å²) in [5.41, 5.74) is 8.04. The topological polar surface area (TPSA) is 61.0 Å². The Morgan fingerprint density at radius 1 is 1.12 bits per heavy atom. The highest BCUT2D eigenvalue weighted by atomic mass is 35.5. The van der Waals surface area contributed by atoms with Crippen LogP contribution in [0, 0.1) is 0 Å². The second kappa shape index (κ2) is 4.37. The van der Waals surface area contributed by atoms with E-state index in [2.05, 4.69) is 9.97 Å². The number of hydrogen-bond donors (Lipinski definition) is 1. The van der Waals surface area contributed by atoms with Gasteiger partial charge in [-0.05, 0) is 23.8 Å². The van der Waals surface area contributed by atoms with Crippen LogP contribution in [0.1, 0.15) is 0 Å². The normalized spacial score (nSPS) is 10.1. The van der Waals surface area contributed by atoms with Crippen molar-refractivity contribution < 1.29 is 4.74 Å². The average molecular weight is 236 g/mol. The molecular weight excluding hydrogens is 226 g/mol. The molecule has 16 heavy (non-hydrogen) atoms. The van der Waals surface area contributed by atoms with Crippen LogP contribution in [0.3, 0.4) is 0 Å². The molecule has 5 heteroatoms. The number of halogens is 1. The minimum Gasteiger partial charge on any atom is -0.467 e. The van der Waals surface area contributed by atoms with Gasteiger partial charge < -0.3 is 10.5 Å². The number of anilines is 1. The van der Waals surface area contributed by atoms with E-state index in [9.17, 15) is 0 Å². The zero-order chi connectivity index (χ0) is 11.5. The van der Waals surface area contributed by atoms with Gasteiger partial charge in [-0.15, -0.1) is 0 Å². The SMILES string of the molecule is COc1ncc(-c2cc(N)cc(Cl)c2)cn1. The molecule has 2 N–H and O–H groups in total. The van der Waals surface area contributed by atoms with Gasteiger partial charge in [0.15, 0.2) is 0 Å². The maximum Gasteiger partial charge on any atom is 0.316 e. The second-order valence-electron chi connectivity index (χ2n) is 3.23. The van der Waals surface area contributed by atoms with Crippen LogP contribution in [0.4, 0.5) is 5.69 Å². The summed E-state index contributed by atoms with van der Waals surface area (Å²) in [5.74, 6) is 0. The molecule has 0 atom stereocenters. The third-order valence-electron chi connectivity index (χ3n) is 2.06. The molecule has 0 saturated carbocycles. The maximum atomic E-state index is 5.91. The predicted molar refractivity (Wildman–Crippen MR) is 63.4 cm³/mol. The first-order chi connectivity index (χ1) is 7.69. The summed E-state index contributed by atoms with van der Waals surface area (Å²) in [5, 5.41) is 0.589. The molecule has 4 nitrogen and oxygen atoms in total. The molecule has 2 aromatic rings. The summed E-state index contributed by atoms with van der Waals surface area (Å²) in [6.07, 6.45) is 3.33. The number of hydrogen-bond acceptors (Lipinski definition) is 4. The van der Waals surface area contributed by atoms with E-state index in [-0.39, 0.29) is 0 Å². The Bertz CT molecular complexity index is 479. The fourth-order valence-electron chi connectivity index (χ4n) is 1.35. The molecule has 0 radical (unpaired) electrons. The summed E-state index contributed by atoms with van der Waals surface area (Å²) in [6.45, 7) is 0. The number of rotatable bonds is 2. The minimum absolute atomic E-state index is 0.332. The van der Waals surface area contributed by atoms with E-state index in [1.54, 1.807) is 18.5 Å². The smallest absolute Gasteiger partial charge is 0.316 e. The number of ether oxygens (including phenoxy) is 1. The van der Waals surface area contributed by atoms with E-state index in [0.717, 1.165) is 11.1 Å². The lowest BCUT2D eigenvalue weighted by molar-refractivity contribution is 0.380. The van der Waals surface area contributed by atoms with Crippen molar-refractivity contribution in [2.75, 3.05) is 12.8 Å². The second-order valence-corrected chi connectivity index (χ2v) is 3.67. The molecule has 0 spiro atoms. The number of nitrogens with zero attached hydrogens (tertiary/aromatic N) is 2. The number of nitrogen functional groups attached to an aromatic ring is 1. The van der Waals surface area contributed by atoms with Crippen molar-refractivity contribution in [1.82, 2.24) is 9.97 Å². The van der Waals surface area contributed by atoms with Crippen molar-refractivity contribution in [3.8, 4) is 17.1 Å². The summed E-state index contributed by atoms with van der Waals surface area (Å²) in [4.78, 5) is 8.03. The van der Waals surface area contributed by atoms with Gasteiger partial charge in [0.25, 0.3) is 0 Å². The zero-order valence-corrected chi connectivity index (χ0v) is 9.40. The molecule has 0 amide bonds. The van der Waals surface area contributed by atoms with Gasteiger partial charge in [-0.3, -0.25) is 0 Å². The van der Waals surface area contributed by atoms with Crippen molar-refractivity contribution in [3.05, 3.63) is 35.6 Å². The summed E-state index contributed by atoms with van der Waals surface area (Å²) in [6, 6.07) is 5.65. The molecule has 0 aliphatic carbocycles. The fraction of sp³-hybridized carbons (Fsp3) is 0.0909. The molecule has 1 aromatic heterocycles. The van der Waals surface area contributed by atoms with Gasteiger partial charge in [-0.25, -0.2) is 9.97 Å². The van der Waals surface area contributed by atoms with Gasteiger partial charge in [0.2, 0.25) is 0 Å². The molecule has 0 saturated heterocycles. The summed E-state index contributed by atoms with van der Waals surface area (Å²) >= 11 is 5.91. The van der Waals surface area contributed by atoms with Crippen LogP contribution in [0.25, 0.3) is 11.1 Å². The van der Waals surface area contributed by atoms with Crippen molar-refractivity contribution in [2.24, 2.45) is 0 Å². The quantitative estimate of drug-likeness (QED) is 0.812. The van der Waals surface area contributed by atoms with E-state index in [0.29, 0.717) is 16.7 Å². The lowest BCUT2D eigenvalue weighted by Gasteiger charge is -2.04. The molecule has 1 heterocycles. The highest BCUT2D eigenvalue weighted by molar-refractivity contribution is 6.31. The first kappa shape index (κ1) is 10.7. The fourth-order valence-corrected chi connectivity index (χ4v) is 1.59. The van der Waals surface area contributed by atoms with Gasteiger partial charge in [-0.2, -0.15) is 0 Å². The Morgan fingerprint density at radius 2 is 1.81 bits per heavy atom. The number of nitrogens with two attached hydrogens (primary N) is 1. The van der Waals surface area contributed by atoms with Crippen LogP contribution < -0.4 is 10.5 Å². The number of aromatic nitrogens is 2. The van der Waals surface area contributed by atoms with E-state index >= 15 is 0 Å². The van der Waals surface area contributed by atoms with Crippen molar-refractivity contribution in [2.45, 2.75) is 0 Å². The molecule has 1 aromatic carbocycles. The molecule has 0 fully saturated rings. The van der Waals surface area contributed by atoms with Gasteiger partial charge in [0, 0.05) is 28.7 Å². The lowest BCUT2D eigenvalue weighted by atomic mass is 10.1. The highest BCUT2D eigenvalue weighted by Gasteiger charge is 2.02. The highest BCUT2D eigenvalue weighted by Crippen LogP contribution is 2.25. The monoisotopic (exact) mass is 235 g/mol. The van der Waals surface area contributed by atoms with Crippen LogP contribution in [0.5, 0.6) is 6.01 Å². The lowest BCUT2D eigenvalue weighted by Crippen LogP contribution is -1.92. The molecule has 0 aliphatic heterocycles. The number of benzene rings is 1. The average Bonchev–Trinajstić information content (AvgIpc) is 2.28. The number of methoxy groups -OCH3 is 1. The van der Waals surface area contributed by atoms with Gasteiger partial charge in [-0.1, -0.05) is 11.6 Å². The van der Waals surface area contributed by atoms with E-state index < -0.39 is 0 Å². The first-order valence-corrected chi connectivity index (χ1v) is 4.99.